The van der Waals surface area contributed by atoms with Gasteiger partial charge in [-0.15, -0.1) is 0 Å². The highest BCUT2D eigenvalue weighted by Crippen LogP contribution is 2.20. The second-order valence-corrected chi connectivity index (χ2v) is 4.44. The Morgan fingerprint density at radius 2 is 2.17 bits per heavy atom. The fourth-order valence-electron chi connectivity index (χ4n) is 1.59. The molecule has 1 aromatic rings. The van der Waals surface area contributed by atoms with Crippen molar-refractivity contribution in [1.82, 2.24) is 5.32 Å². The van der Waals surface area contributed by atoms with E-state index in [1.54, 1.807) is 14.0 Å². The molecule has 0 saturated heterocycles. The molecule has 2 N–H and O–H groups in total. The van der Waals surface area contributed by atoms with Crippen LogP contribution in [0.2, 0.25) is 0 Å². The van der Waals surface area contributed by atoms with Crippen LogP contribution in [-0.4, -0.2) is 38.1 Å². The van der Waals surface area contributed by atoms with Crippen molar-refractivity contribution in [2.75, 3.05) is 26.9 Å². The van der Waals surface area contributed by atoms with Crippen molar-refractivity contribution in [1.29, 1.82) is 0 Å². The predicted molar refractivity (Wildman–Crippen MR) is 71.9 cm³/mol. The molecule has 0 amide bonds. The highest BCUT2D eigenvalue weighted by atomic mass is 16.5. The molecule has 1 atom stereocenters. The van der Waals surface area contributed by atoms with Gasteiger partial charge in [0, 0.05) is 25.8 Å². The second kappa shape index (κ2) is 8.08. The Labute approximate surface area is 109 Å². The van der Waals surface area contributed by atoms with Crippen molar-refractivity contribution in [2.24, 2.45) is 0 Å². The quantitative estimate of drug-likeness (QED) is 0.689. The number of rotatable bonds is 8. The summed E-state index contributed by atoms with van der Waals surface area (Å²) >= 11 is 0. The third-order valence-electron chi connectivity index (χ3n) is 2.49. The van der Waals surface area contributed by atoms with Crippen LogP contribution in [-0.2, 0) is 11.3 Å². The normalized spacial score (nSPS) is 12.4. The zero-order valence-corrected chi connectivity index (χ0v) is 11.4. The maximum Gasteiger partial charge on any atom is 0.123 e. The van der Waals surface area contributed by atoms with Crippen molar-refractivity contribution < 1.29 is 14.6 Å². The van der Waals surface area contributed by atoms with Crippen LogP contribution in [0.4, 0.5) is 0 Å². The molecular weight excluding hydrogens is 230 g/mol. The van der Waals surface area contributed by atoms with Gasteiger partial charge in [-0.25, -0.2) is 0 Å². The van der Waals surface area contributed by atoms with E-state index in [9.17, 15) is 5.11 Å². The minimum absolute atomic E-state index is 0.314. The Hall–Kier alpha value is -1.10. The summed E-state index contributed by atoms with van der Waals surface area (Å²) in [6.07, 6.45) is -0.458. The first kappa shape index (κ1) is 15.0. The molecule has 4 nitrogen and oxygen atoms in total. The minimum Gasteiger partial charge on any atom is -0.491 e. The van der Waals surface area contributed by atoms with Crippen LogP contribution < -0.4 is 10.1 Å². The first-order valence-corrected chi connectivity index (χ1v) is 6.23. The van der Waals surface area contributed by atoms with Gasteiger partial charge < -0.3 is 19.9 Å². The smallest absolute Gasteiger partial charge is 0.123 e. The maximum absolute atomic E-state index is 9.25. The summed E-state index contributed by atoms with van der Waals surface area (Å²) in [5, 5.41) is 12.5. The lowest BCUT2D eigenvalue weighted by Crippen LogP contribution is -2.20. The summed E-state index contributed by atoms with van der Waals surface area (Å²) in [6, 6.07) is 6.05. The first-order chi connectivity index (χ1) is 8.63. The summed E-state index contributed by atoms with van der Waals surface area (Å²) in [7, 11) is 1.69. The number of ether oxygens (including phenoxy) is 2. The molecule has 0 aliphatic heterocycles. The molecular formula is C14H23NO3. The highest BCUT2D eigenvalue weighted by molar-refractivity contribution is 5.36. The molecule has 0 saturated carbocycles. The number of methoxy groups -OCH3 is 1. The Morgan fingerprint density at radius 1 is 1.39 bits per heavy atom. The van der Waals surface area contributed by atoms with Crippen LogP contribution in [0.1, 0.15) is 18.1 Å². The first-order valence-electron chi connectivity index (χ1n) is 6.23. The van der Waals surface area contributed by atoms with E-state index in [0.717, 1.165) is 24.4 Å². The van der Waals surface area contributed by atoms with Crippen molar-refractivity contribution in [2.45, 2.75) is 26.5 Å². The van der Waals surface area contributed by atoms with Crippen LogP contribution in [0.5, 0.6) is 5.75 Å². The Kier molecular flexibility index (Phi) is 6.72. The van der Waals surface area contributed by atoms with Crippen molar-refractivity contribution >= 4 is 0 Å². The summed E-state index contributed by atoms with van der Waals surface area (Å²) in [5.41, 5.74) is 2.30. The number of hydrogen-bond donors (Lipinski definition) is 2. The topological polar surface area (TPSA) is 50.7 Å². The molecule has 4 heteroatoms. The lowest BCUT2D eigenvalue weighted by Gasteiger charge is -2.14. The standard InChI is InChI=1S/C14H23NO3/c1-11-4-5-14(18-10-12(2)16)13(8-11)9-15-6-7-17-3/h4-5,8,12,15-16H,6-7,9-10H2,1-3H3. The molecule has 0 aromatic heterocycles. The lowest BCUT2D eigenvalue weighted by molar-refractivity contribution is 0.122. The Bertz CT molecular complexity index is 353. The Morgan fingerprint density at radius 3 is 2.83 bits per heavy atom. The van der Waals surface area contributed by atoms with Crippen molar-refractivity contribution in [3.05, 3.63) is 29.3 Å². The van der Waals surface area contributed by atoms with E-state index in [1.807, 2.05) is 12.1 Å². The molecule has 1 rings (SSSR count). The maximum atomic E-state index is 9.25. The fraction of sp³-hybridized carbons (Fsp3) is 0.571. The Balaban J connectivity index is 2.58. The third-order valence-corrected chi connectivity index (χ3v) is 2.49. The molecule has 18 heavy (non-hydrogen) atoms. The number of aliphatic hydroxyl groups is 1. The molecule has 102 valence electrons. The lowest BCUT2D eigenvalue weighted by atomic mass is 10.1. The summed E-state index contributed by atoms with van der Waals surface area (Å²) in [4.78, 5) is 0. The average molecular weight is 253 g/mol. The summed E-state index contributed by atoms with van der Waals surface area (Å²) in [6.45, 7) is 6.31. The van der Waals surface area contributed by atoms with Crippen LogP contribution in [0.25, 0.3) is 0 Å². The number of hydrogen-bond acceptors (Lipinski definition) is 4. The monoisotopic (exact) mass is 253 g/mol. The molecule has 0 bridgehead atoms. The molecule has 0 fully saturated rings. The van der Waals surface area contributed by atoms with Crippen LogP contribution in [0.3, 0.4) is 0 Å². The van der Waals surface area contributed by atoms with E-state index in [4.69, 9.17) is 9.47 Å². The van der Waals surface area contributed by atoms with E-state index in [1.165, 1.54) is 5.56 Å². The van der Waals surface area contributed by atoms with Gasteiger partial charge in [-0.2, -0.15) is 0 Å². The van der Waals surface area contributed by atoms with E-state index < -0.39 is 6.10 Å². The SMILES string of the molecule is COCCNCc1cc(C)ccc1OCC(C)O. The minimum atomic E-state index is -0.458. The van der Waals surface area contributed by atoms with Gasteiger partial charge in [0.15, 0.2) is 0 Å². The van der Waals surface area contributed by atoms with Gasteiger partial charge in [-0.1, -0.05) is 17.7 Å². The molecule has 0 radical (unpaired) electrons. The molecule has 1 unspecified atom stereocenters. The summed E-state index contributed by atoms with van der Waals surface area (Å²) in [5.74, 6) is 0.825. The zero-order chi connectivity index (χ0) is 13.4. The molecule has 0 aliphatic carbocycles. The molecule has 0 aliphatic rings. The third kappa shape index (κ3) is 5.49. The summed E-state index contributed by atoms with van der Waals surface area (Å²) < 4.78 is 10.6. The molecule has 0 spiro atoms. The highest BCUT2D eigenvalue weighted by Gasteiger charge is 2.05. The van der Waals surface area contributed by atoms with Gasteiger partial charge in [0.05, 0.1) is 12.7 Å². The largest absolute Gasteiger partial charge is 0.491 e. The van der Waals surface area contributed by atoms with Crippen LogP contribution in [0, 0.1) is 6.92 Å². The molecule has 1 aromatic carbocycles. The van der Waals surface area contributed by atoms with E-state index in [2.05, 4.69) is 18.3 Å². The van der Waals surface area contributed by atoms with Gasteiger partial charge in [-0.05, 0) is 19.9 Å². The van der Waals surface area contributed by atoms with Crippen LogP contribution >= 0.6 is 0 Å². The van der Waals surface area contributed by atoms with Gasteiger partial charge >= 0.3 is 0 Å². The number of aliphatic hydroxyl groups excluding tert-OH is 1. The zero-order valence-electron chi connectivity index (χ0n) is 11.4. The fourth-order valence-corrected chi connectivity index (χ4v) is 1.59. The van der Waals surface area contributed by atoms with E-state index in [-0.39, 0.29) is 0 Å². The van der Waals surface area contributed by atoms with Gasteiger partial charge in [0.2, 0.25) is 0 Å². The second-order valence-electron chi connectivity index (χ2n) is 4.44. The van der Waals surface area contributed by atoms with E-state index >= 15 is 0 Å². The van der Waals surface area contributed by atoms with Crippen LogP contribution in [0.15, 0.2) is 18.2 Å². The van der Waals surface area contributed by atoms with Crippen molar-refractivity contribution in [3.63, 3.8) is 0 Å². The van der Waals surface area contributed by atoms with Gasteiger partial charge in [0.25, 0.3) is 0 Å². The number of aryl methyl sites for hydroxylation is 1. The van der Waals surface area contributed by atoms with Gasteiger partial charge in [0.1, 0.15) is 12.4 Å². The number of nitrogens with one attached hydrogen (secondary N) is 1. The van der Waals surface area contributed by atoms with Crippen molar-refractivity contribution in [3.8, 4) is 5.75 Å². The molecule has 0 heterocycles. The number of benzene rings is 1. The average Bonchev–Trinajstić information content (AvgIpc) is 2.33. The predicted octanol–water partition coefficient (Wildman–Crippen LogP) is 1.49. The van der Waals surface area contributed by atoms with Gasteiger partial charge in [-0.3, -0.25) is 0 Å². The van der Waals surface area contributed by atoms with E-state index in [0.29, 0.717) is 13.2 Å².